The van der Waals surface area contributed by atoms with Crippen LogP contribution in [0.2, 0.25) is 0 Å². The summed E-state index contributed by atoms with van der Waals surface area (Å²) >= 11 is 0. The predicted molar refractivity (Wildman–Crippen MR) is 93.4 cm³/mol. The highest BCUT2D eigenvalue weighted by atomic mass is 32.2. The molecule has 0 saturated carbocycles. The topological polar surface area (TPSA) is 63.7 Å². The van der Waals surface area contributed by atoms with Crippen molar-refractivity contribution < 1.29 is 17.9 Å². The van der Waals surface area contributed by atoms with Gasteiger partial charge in [-0.3, -0.25) is 9.10 Å². The minimum Gasteiger partial charge on any atom is -0.465 e. The van der Waals surface area contributed by atoms with Gasteiger partial charge in [0.1, 0.15) is 6.54 Å². The molecule has 6 heteroatoms. The summed E-state index contributed by atoms with van der Waals surface area (Å²) in [6.45, 7) is 3.47. The molecule has 0 aliphatic heterocycles. The highest BCUT2D eigenvalue weighted by molar-refractivity contribution is 7.92. The Morgan fingerprint density at radius 3 is 2.25 bits per heavy atom. The highest BCUT2D eigenvalue weighted by Crippen LogP contribution is 2.27. The van der Waals surface area contributed by atoms with Crippen LogP contribution in [0.4, 0.5) is 5.69 Å². The maximum absolute atomic E-state index is 13.1. The minimum absolute atomic E-state index is 0.139. The number of nitrogens with zero attached hydrogens (tertiary/aromatic N) is 1. The molecule has 0 bridgehead atoms. The normalized spacial score (nSPS) is 11.1. The lowest BCUT2D eigenvalue weighted by atomic mass is 10.1. The number of esters is 1. The van der Waals surface area contributed by atoms with Crippen LogP contribution < -0.4 is 4.31 Å². The van der Waals surface area contributed by atoms with Crippen molar-refractivity contribution in [1.82, 2.24) is 0 Å². The zero-order valence-electron chi connectivity index (χ0n) is 13.8. The van der Waals surface area contributed by atoms with Gasteiger partial charge in [0.2, 0.25) is 0 Å². The van der Waals surface area contributed by atoms with Gasteiger partial charge in [0, 0.05) is 0 Å². The van der Waals surface area contributed by atoms with Crippen LogP contribution in [0, 0.1) is 0 Å². The largest absolute Gasteiger partial charge is 0.465 e. The molecule has 0 aromatic heterocycles. The van der Waals surface area contributed by atoms with E-state index in [4.69, 9.17) is 4.74 Å². The fourth-order valence-corrected chi connectivity index (χ4v) is 3.86. The van der Waals surface area contributed by atoms with Crippen LogP contribution in [0.3, 0.4) is 0 Å². The van der Waals surface area contributed by atoms with Crippen LogP contribution in [0.5, 0.6) is 0 Å². The van der Waals surface area contributed by atoms with E-state index in [-0.39, 0.29) is 18.0 Å². The van der Waals surface area contributed by atoms with E-state index in [1.807, 2.05) is 19.1 Å². The second kappa shape index (κ2) is 7.97. The second-order valence-corrected chi connectivity index (χ2v) is 6.97. The monoisotopic (exact) mass is 347 g/mol. The van der Waals surface area contributed by atoms with Crippen molar-refractivity contribution in [2.45, 2.75) is 25.2 Å². The summed E-state index contributed by atoms with van der Waals surface area (Å²) in [5.41, 5.74) is 1.35. The predicted octanol–water partition coefficient (Wildman–Crippen LogP) is 3.01. The Kier molecular flexibility index (Phi) is 5.98. The van der Waals surface area contributed by atoms with Gasteiger partial charge in [0.25, 0.3) is 10.0 Å². The van der Waals surface area contributed by atoms with E-state index in [2.05, 4.69) is 0 Å². The van der Waals surface area contributed by atoms with Crippen molar-refractivity contribution in [3.05, 3.63) is 60.2 Å². The average molecular weight is 347 g/mol. The van der Waals surface area contributed by atoms with Gasteiger partial charge in [-0.2, -0.15) is 0 Å². The van der Waals surface area contributed by atoms with Crippen LogP contribution in [0.15, 0.2) is 59.5 Å². The van der Waals surface area contributed by atoms with Crippen molar-refractivity contribution in [3.63, 3.8) is 0 Å². The zero-order valence-corrected chi connectivity index (χ0v) is 14.6. The molecule has 0 unspecified atom stereocenters. The van der Waals surface area contributed by atoms with Crippen molar-refractivity contribution >= 4 is 21.7 Å². The van der Waals surface area contributed by atoms with Gasteiger partial charge in [-0.05, 0) is 37.1 Å². The number of hydrogen-bond donors (Lipinski definition) is 0. The molecule has 2 rings (SSSR count). The maximum atomic E-state index is 13.1. The van der Waals surface area contributed by atoms with Crippen molar-refractivity contribution in [1.29, 1.82) is 0 Å². The van der Waals surface area contributed by atoms with Gasteiger partial charge in [-0.15, -0.1) is 0 Å². The molecule has 0 heterocycles. The first-order chi connectivity index (χ1) is 11.5. The molecule has 24 heavy (non-hydrogen) atoms. The van der Waals surface area contributed by atoms with E-state index in [1.54, 1.807) is 37.3 Å². The first-order valence-corrected chi connectivity index (χ1v) is 9.26. The lowest BCUT2D eigenvalue weighted by Crippen LogP contribution is -2.37. The SMILES string of the molecule is CCOC(=O)CN(c1ccccc1CC)S(=O)(=O)c1ccccc1. The first kappa shape index (κ1) is 18.0. The van der Waals surface area contributed by atoms with Gasteiger partial charge in [0.05, 0.1) is 17.2 Å². The zero-order chi connectivity index (χ0) is 17.6. The lowest BCUT2D eigenvalue weighted by Gasteiger charge is -2.25. The fourth-order valence-electron chi connectivity index (χ4n) is 2.40. The van der Waals surface area contributed by atoms with E-state index in [9.17, 15) is 13.2 Å². The number of hydrogen-bond acceptors (Lipinski definition) is 4. The molecule has 5 nitrogen and oxygen atoms in total. The van der Waals surface area contributed by atoms with Gasteiger partial charge in [0.15, 0.2) is 0 Å². The van der Waals surface area contributed by atoms with Gasteiger partial charge < -0.3 is 4.74 Å². The Bertz CT molecular complexity index is 788. The Morgan fingerprint density at radius 1 is 1.00 bits per heavy atom. The molecule has 0 spiro atoms. The standard InChI is InChI=1S/C18H21NO4S/c1-3-15-10-8-9-13-17(15)19(14-18(20)23-4-2)24(21,22)16-11-6-5-7-12-16/h5-13H,3-4,14H2,1-2H3. The molecule has 0 aliphatic rings. The number of carbonyl (C=O) groups excluding carboxylic acids is 1. The third-order valence-corrected chi connectivity index (χ3v) is 5.32. The Hall–Kier alpha value is -2.34. The molecule has 0 fully saturated rings. The van der Waals surface area contributed by atoms with Crippen molar-refractivity contribution in [2.24, 2.45) is 0 Å². The first-order valence-electron chi connectivity index (χ1n) is 7.82. The van der Waals surface area contributed by atoms with Crippen molar-refractivity contribution in [3.8, 4) is 0 Å². The van der Waals surface area contributed by atoms with Gasteiger partial charge >= 0.3 is 5.97 Å². The van der Waals surface area contributed by atoms with E-state index in [0.29, 0.717) is 12.1 Å². The second-order valence-electron chi connectivity index (χ2n) is 5.11. The van der Waals surface area contributed by atoms with Crippen LogP contribution in [0.25, 0.3) is 0 Å². The number of benzene rings is 2. The number of anilines is 1. The fraction of sp³-hybridized carbons (Fsp3) is 0.278. The molecule has 0 radical (unpaired) electrons. The summed E-state index contributed by atoms with van der Waals surface area (Å²) < 4.78 is 32.2. The molecular formula is C18H21NO4S. The summed E-state index contributed by atoms with van der Waals surface area (Å²) in [7, 11) is -3.87. The molecule has 0 atom stereocenters. The number of rotatable bonds is 7. The molecule has 2 aromatic carbocycles. The minimum atomic E-state index is -3.87. The van der Waals surface area contributed by atoms with E-state index in [0.717, 1.165) is 9.87 Å². The quantitative estimate of drug-likeness (QED) is 0.722. The molecule has 0 N–H and O–H groups in total. The summed E-state index contributed by atoms with van der Waals surface area (Å²) in [5.74, 6) is -0.581. The third kappa shape index (κ3) is 3.94. The Labute approximate surface area is 142 Å². The van der Waals surface area contributed by atoms with Gasteiger partial charge in [-0.1, -0.05) is 43.3 Å². The molecule has 2 aromatic rings. The summed E-state index contributed by atoms with van der Waals surface area (Å²) in [6, 6.07) is 15.3. The lowest BCUT2D eigenvalue weighted by molar-refractivity contribution is -0.141. The molecular weight excluding hydrogens is 326 g/mol. The van der Waals surface area contributed by atoms with Crippen LogP contribution >= 0.6 is 0 Å². The Balaban J connectivity index is 2.53. The average Bonchev–Trinajstić information content (AvgIpc) is 2.60. The Morgan fingerprint density at radius 2 is 1.62 bits per heavy atom. The van der Waals surface area contributed by atoms with E-state index in [1.165, 1.54) is 12.1 Å². The van der Waals surface area contributed by atoms with Crippen LogP contribution in [0.1, 0.15) is 19.4 Å². The van der Waals surface area contributed by atoms with Crippen LogP contribution in [-0.4, -0.2) is 27.5 Å². The van der Waals surface area contributed by atoms with Crippen LogP contribution in [-0.2, 0) is 26.0 Å². The van der Waals surface area contributed by atoms with E-state index < -0.39 is 16.0 Å². The van der Waals surface area contributed by atoms with Gasteiger partial charge in [-0.25, -0.2) is 8.42 Å². The number of ether oxygens (including phenoxy) is 1. The third-order valence-electron chi connectivity index (χ3n) is 3.55. The number of para-hydroxylation sites is 1. The molecule has 0 saturated heterocycles. The summed E-state index contributed by atoms with van der Waals surface area (Å²) in [6.07, 6.45) is 0.653. The molecule has 0 amide bonds. The molecule has 128 valence electrons. The number of carbonyl (C=O) groups is 1. The van der Waals surface area contributed by atoms with E-state index >= 15 is 0 Å². The highest BCUT2D eigenvalue weighted by Gasteiger charge is 2.28. The summed E-state index contributed by atoms with van der Waals surface area (Å²) in [5, 5.41) is 0. The number of sulfonamides is 1. The smallest absolute Gasteiger partial charge is 0.326 e. The molecule has 0 aliphatic carbocycles. The summed E-state index contributed by atoms with van der Waals surface area (Å²) in [4.78, 5) is 12.1. The maximum Gasteiger partial charge on any atom is 0.326 e. The number of aryl methyl sites for hydroxylation is 1. The van der Waals surface area contributed by atoms with Crippen molar-refractivity contribution in [2.75, 3.05) is 17.5 Å².